The third-order valence-electron chi connectivity index (χ3n) is 4.55. The molecule has 1 N–H and O–H groups in total. The molecule has 1 fully saturated rings. The van der Waals surface area contributed by atoms with E-state index in [2.05, 4.69) is 20.7 Å². The molecule has 1 saturated heterocycles. The van der Waals surface area contributed by atoms with Gasteiger partial charge in [0.05, 0.1) is 28.4 Å². The topological polar surface area (TPSA) is 75.7 Å². The van der Waals surface area contributed by atoms with Gasteiger partial charge in [0.1, 0.15) is 0 Å². The Labute approximate surface area is 174 Å². The molecule has 28 heavy (non-hydrogen) atoms. The number of carbonyl (C=O) groups is 1. The Kier molecular flexibility index (Phi) is 6.12. The zero-order valence-electron chi connectivity index (χ0n) is 16.0. The molecule has 0 saturated carbocycles. The van der Waals surface area contributed by atoms with Crippen LogP contribution in [0.4, 0.5) is 5.69 Å². The fraction of sp³-hybridized carbons (Fsp3) is 0.350. The molecule has 1 heterocycles. The quantitative estimate of drug-likeness (QED) is 0.742. The van der Waals surface area contributed by atoms with E-state index in [1.54, 1.807) is 54.3 Å². The molecule has 1 aliphatic heterocycles. The van der Waals surface area contributed by atoms with Gasteiger partial charge in [-0.05, 0) is 50.6 Å². The highest BCUT2D eigenvalue weighted by molar-refractivity contribution is 9.10. The first kappa shape index (κ1) is 20.8. The molecule has 0 aliphatic carbocycles. The summed E-state index contributed by atoms with van der Waals surface area (Å²) in [6.07, 6.45) is -0.137. The Morgan fingerprint density at radius 2 is 1.79 bits per heavy atom. The van der Waals surface area contributed by atoms with Crippen LogP contribution in [-0.4, -0.2) is 44.5 Å². The minimum absolute atomic E-state index is 0.0686. The molecular weight excluding hydrogens is 444 g/mol. The molecule has 150 valence electrons. The summed E-state index contributed by atoms with van der Waals surface area (Å²) >= 11 is 3.31. The summed E-state index contributed by atoms with van der Waals surface area (Å²) in [6, 6.07) is 11.7. The van der Waals surface area contributed by atoms with Gasteiger partial charge in [-0.3, -0.25) is 9.52 Å². The second-order valence-electron chi connectivity index (χ2n) is 7.03. The summed E-state index contributed by atoms with van der Waals surface area (Å²) < 4.78 is 34.8. The SMILES string of the molecule is Cc1ccc(Br)cc1S(=O)(=O)Nc1ccccc1C(=O)N1C[C@@H](C)O[C@H](C)C1. The summed E-state index contributed by atoms with van der Waals surface area (Å²) in [7, 11) is -3.85. The number of anilines is 1. The van der Waals surface area contributed by atoms with Crippen molar-refractivity contribution in [3.8, 4) is 0 Å². The van der Waals surface area contributed by atoms with E-state index in [0.29, 0.717) is 28.7 Å². The smallest absolute Gasteiger partial charge is 0.262 e. The predicted octanol–water partition coefficient (Wildman–Crippen LogP) is 3.81. The lowest BCUT2D eigenvalue weighted by atomic mass is 10.1. The third kappa shape index (κ3) is 4.56. The minimum atomic E-state index is -3.85. The number of ether oxygens (including phenoxy) is 1. The third-order valence-corrected chi connectivity index (χ3v) is 6.55. The molecule has 0 aromatic heterocycles. The Morgan fingerprint density at radius 1 is 1.14 bits per heavy atom. The van der Waals surface area contributed by atoms with Crippen LogP contribution in [0.1, 0.15) is 29.8 Å². The monoisotopic (exact) mass is 466 g/mol. The maximum atomic E-state index is 13.1. The van der Waals surface area contributed by atoms with Crippen molar-refractivity contribution in [3.05, 3.63) is 58.1 Å². The summed E-state index contributed by atoms with van der Waals surface area (Å²) in [4.78, 5) is 15.0. The Hall–Kier alpha value is -1.90. The molecule has 2 aromatic carbocycles. The van der Waals surface area contributed by atoms with Crippen LogP contribution in [0.3, 0.4) is 0 Å². The van der Waals surface area contributed by atoms with Crippen LogP contribution in [0.25, 0.3) is 0 Å². The number of morpholine rings is 1. The molecule has 3 rings (SSSR count). The maximum Gasteiger partial charge on any atom is 0.262 e. The Bertz CT molecular complexity index is 983. The molecule has 0 spiro atoms. The van der Waals surface area contributed by atoms with Gasteiger partial charge < -0.3 is 9.64 Å². The molecule has 0 radical (unpaired) electrons. The predicted molar refractivity (Wildman–Crippen MR) is 112 cm³/mol. The molecule has 2 aromatic rings. The van der Waals surface area contributed by atoms with Crippen molar-refractivity contribution >= 4 is 37.5 Å². The molecule has 0 unspecified atom stereocenters. The van der Waals surface area contributed by atoms with E-state index >= 15 is 0 Å². The van der Waals surface area contributed by atoms with E-state index in [0.717, 1.165) is 0 Å². The standard InChI is InChI=1S/C20H23BrN2O4S/c1-13-8-9-16(21)10-19(13)28(25,26)22-18-7-5-4-6-17(18)20(24)23-11-14(2)27-15(3)12-23/h4-10,14-15,22H,11-12H2,1-3H3/t14-,15-/m1/s1. The Morgan fingerprint density at radius 3 is 2.46 bits per heavy atom. The van der Waals surface area contributed by atoms with E-state index in [4.69, 9.17) is 4.74 Å². The lowest BCUT2D eigenvalue weighted by Crippen LogP contribution is -2.48. The molecule has 8 heteroatoms. The second-order valence-corrected chi connectivity index (χ2v) is 9.59. The van der Waals surface area contributed by atoms with Crippen molar-refractivity contribution in [1.82, 2.24) is 4.90 Å². The van der Waals surface area contributed by atoms with E-state index in [9.17, 15) is 13.2 Å². The summed E-state index contributed by atoms with van der Waals surface area (Å²) in [6.45, 7) is 6.50. The lowest BCUT2D eigenvalue weighted by Gasteiger charge is -2.35. The molecular formula is C20H23BrN2O4S. The summed E-state index contributed by atoms with van der Waals surface area (Å²) in [5, 5.41) is 0. The number of nitrogens with one attached hydrogen (secondary N) is 1. The number of amides is 1. The number of hydrogen-bond donors (Lipinski definition) is 1. The second kappa shape index (κ2) is 8.23. The molecule has 2 atom stereocenters. The van der Waals surface area contributed by atoms with Crippen molar-refractivity contribution in [1.29, 1.82) is 0 Å². The minimum Gasteiger partial charge on any atom is -0.372 e. The summed E-state index contributed by atoms with van der Waals surface area (Å²) in [5.41, 5.74) is 1.20. The van der Waals surface area contributed by atoms with E-state index in [-0.39, 0.29) is 28.7 Å². The van der Waals surface area contributed by atoms with Crippen molar-refractivity contribution < 1.29 is 17.9 Å². The average molecular weight is 467 g/mol. The van der Waals surface area contributed by atoms with Crippen molar-refractivity contribution in [2.45, 2.75) is 37.9 Å². The number of rotatable bonds is 4. The number of aryl methyl sites for hydroxylation is 1. The molecule has 1 aliphatic rings. The van der Waals surface area contributed by atoms with Gasteiger partial charge in [0.25, 0.3) is 15.9 Å². The first-order valence-electron chi connectivity index (χ1n) is 9.00. The first-order chi connectivity index (χ1) is 13.2. The highest BCUT2D eigenvalue weighted by atomic mass is 79.9. The summed E-state index contributed by atoms with van der Waals surface area (Å²) in [5.74, 6) is -0.216. The number of halogens is 1. The van der Waals surface area contributed by atoms with Crippen LogP contribution < -0.4 is 4.72 Å². The van der Waals surface area contributed by atoms with Gasteiger partial charge in [0.2, 0.25) is 0 Å². The van der Waals surface area contributed by atoms with Crippen molar-refractivity contribution in [3.63, 3.8) is 0 Å². The number of benzene rings is 2. The van der Waals surface area contributed by atoms with Crippen LogP contribution in [0.15, 0.2) is 51.8 Å². The van der Waals surface area contributed by atoms with E-state index < -0.39 is 10.0 Å². The molecule has 0 bridgehead atoms. The van der Waals surface area contributed by atoms with Crippen molar-refractivity contribution in [2.75, 3.05) is 17.8 Å². The number of sulfonamides is 1. The van der Waals surface area contributed by atoms with E-state index in [1.165, 1.54) is 0 Å². The van der Waals surface area contributed by atoms with Gasteiger partial charge in [-0.25, -0.2) is 8.42 Å². The maximum absolute atomic E-state index is 13.1. The van der Waals surface area contributed by atoms with Gasteiger partial charge >= 0.3 is 0 Å². The van der Waals surface area contributed by atoms with Crippen LogP contribution in [0.5, 0.6) is 0 Å². The fourth-order valence-corrected chi connectivity index (χ4v) is 5.20. The number of carbonyl (C=O) groups excluding carboxylic acids is 1. The van der Waals surface area contributed by atoms with Crippen LogP contribution in [-0.2, 0) is 14.8 Å². The van der Waals surface area contributed by atoms with Gasteiger partial charge in [-0.1, -0.05) is 34.1 Å². The van der Waals surface area contributed by atoms with Crippen LogP contribution >= 0.6 is 15.9 Å². The Balaban J connectivity index is 1.92. The number of hydrogen-bond acceptors (Lipinski definition) is 4. The zero-order chi connectivity index (χ0) is 20.5. The average Bonchev–Trinajstić information content (AvgIpc) is 2.62. The normalized spacial score (nSPS) is 20.1. The van der Waals surface area contributed by atoms with Crippen molar-refractivity contribution in [2.24, 2.45) is 0 Å². The molecule has 1 amide bonds. The number of nitrogens with zero attached hydrogens (tertiary/aromatic N) is 1. The van der Waals surface area contributed by atoms with Gasteiger partial charge in [0.15, 0.2) is 0 Å². The number of para-hydroxylation sites is 1. The van der Waals surface area contributed by atoms with Gasteiger partial charge in [-0.2, -0.15) is 0 Å². The highest BCUT2D eigenvalue weighted by Crippen LogP contribution is 2.26. The van der Waals surface area contributed by atoms with Gasteiger partial charge in [-0.15, -0.1) is 0 Å². The fourth-order valence-electron chi connectivity index (χ4n) is 3.34. The first-order valence-corrected chi connectivity index (χ1v) is 11.3. The van der Waals surface area contributed by atoms with Crippen LogP contribution in [0, 0.1) is 6.92 Å². The van der Waals surface area contributed by atoms with Gasteiger partial charge in [0, 0.05) is 17.6 Å². The van der Waals surface area contributed by atoms with E-state index in [1.807, 2.05) is 13.8 Å². The highest BCUT2D eigenvalue weighted by Gasteiger charge is 2.28. The zero-order valence-corrected chi connectivity index (χ0v) is 18.4. The van der Waals surface area contributed by atoms with Crippen LogP contribution in [0.2, 0.25) is 0 Å². The largest absolute Gasteiger partial charge is 0.372 e. The molecule has 6 nitrogen and oxygen atoms in total. The lowest BCUT2D eigenvalue weighted by molar-refractivity contribution is -0.0585.